The van der Waals surface area contributed by atoms with E-state index in [2.05, 4.69) is 9.97 Å². The van der Waals surface area contributed by atoms with Crippen LogP contribution in [0.2, 0.25) is 0 Å². The summed E-state index contributed by atoms with van der Waals surface area (Å²) in [5.74, 6) is -1.39. The van der Waals surface area contributed by atoms with Crippen LogP contribution in [0.4, 0.5) is 13.2 Å². The van der Waals surface area contributed by atoms with E-state index in [0.29, 0.717) is 15.1 Å². The van der Waals surface area contributed by atoms with Crippen LogP contribution in [0.15, 0.2) is 16.2 Å². The number of carboxylic acids is 1. The smallest absolute Gasteiger partial charge is 0.401 e. The molecule has 0 unspecified atom stereocenters. The van der Waals surface area contributed by atoms with Crippen LogP contribution < -0.4 is 5.56 Å². The number of carbonyl (C=O) groups is 1. The van der Waals surface area contributed by atoms with E-state index in [4.69, 9.17) is 5.11 Å². The molecule has 2 aromatic rings. The normalized spacial score (nSPS) is 12.2. The Hall–Kier alpha value is -1.94. The van der Waals surface area contributed by atoms with Crippen molar-refractivity contribution in [1.82, 2.24) is 14.9 Å². The average molecular weight is 321 g/mol. The van der Waals surface area contributed by atoms with Gasteiger partial charge in [0.2, 0.25) is 0 Å². The first-order chi connectivity index (χ1) is 9.74. The zero-order valence-corrected chi connectivity index (χ0v) is 11.3. The predicted molar refractivity (Wildman–Crippen MR) is 69.2 cm³/mol. The van der Waals surface area contributed by atoms with Gasteiger partial charge in [-0.3, -0.25) is 14.5 Å². The molecule has 0 saturated carbocycles. The fraction of sp³-hybridized carbons (Fsp3) is 0.364. The lowest BCUT2D eigenvalue weighted by Gasteiger charge is -2.20. The number of carboxylic acid groups (broad SMARTS) is 1. The standard InChI is InChI=1S/C11H10F3N3O3S/c12-11(13,14)5-17(4-8(18)19)3-7-15-6-1-2-21-9(6)10(20)16-7/h1-2H,3-5H2,(H,18,19)(H,15,16,20). The molecule has 0 atom stereocenters. The minimum atomic E-state index is -4.54. The first-order valence-corrected chi connectivity index (χ1v) is 6.60. The van der Waals surface area contributed by atoms with Crippen LogP contribution in [0.5, 0.6) is 0 Å². The third-order valence-electron chi connectivity index (χ3n) is 2.50. The summed E-state index contributed by atoms with van der Waals surface area (Å²) in [6.45, 7) is -2.61. The fourth-order valence-corrected chi connectivity index (χ4v) is 2.55. The summed E-state index contributed by atoms with van der Waals surface area (Å²) in [6.07, 6.45) is -4.54. The molecule has 2 aromatic heterocycles. The molecule has 0 fully saturated rings. The molecule has 2 rings (SSSR count). The quantitative estimate of drug-likeness (QED) is 0.870. The number of thiophene rings is 1. The van der Waals surface area contributed by atoms with Crippen LogP contribution >= 0.6 is 11.3 Å². The SMILES string of the molecule is O=C(O)CN(Cc1nc2ccsc2c(=O)[nH]1)CC(F)(F)F. The summed E-state index contributed by atoms with van der Waals surface area (Å²) in [7, 11) is 0. The number of aromatic amines is 1. The fourth-order valence-electron chi connectivity index (χ4n) is 1.82. The summed E-state index contributed by atoms with van der Waals surface area (Å²) in [5, 5.41) is 10.3. The molecule has 0 aliphatic heterocycles. The van der Waals surface area contributed by atoms with E-state index in [-0.39, 0.29) is 5.82 Å². The van der Waals surface area contributed by atoms with Crippen LogP contribution in [0.25, 0.3) is 10.2 Å². The summed E-state index contributed by atoms with van der Waals surface area (Å²) in [5.41, 5.74) is -0.0756. The Balaban J connectivity index is 2.24. The molecule has 2 N–H and O–H groups in total. The molecule has 0 spiro atoms. The number of H-pyrrole nitrogens is 1. The zero-order chi connectivity index (χ0) is 15.6. The lowest BCUT2D eigenvalue weighted by molar-refractivity contribution is -0.155. The molecule has 0 amide bonds. The van der Waals surface area contributed by atoms with Gasteiger partial charge in [0.25, 0.3) is 5.56 Å². The van der Waals surface area contributed by atoms with E-state index in [0.717, 1.165) is 0 Å². The first-order valence-electron chi connectivity index (χ1n) is 5.72. The second-order valence-corrected chi connectivity index (χ2v) is 5.22. The van der Waals surface area contributed by atoms with Crippen molar-refractivity contribution >= 4 is 27.5 Å². The number of rotatable bonds is 5. The van der Waals surface area contributed by atoms with E-state index in [1.807, 2.05) is 0 Å². The Bertz CT molecular complexity index is 710. The average Bonchev–Trinajstić information content (AvgIpc) is 2.73. The van der Waals surface area contributed by atoms with Crippen molar-refractivity contribution < 1.29 is 23.1 Å². The molecule has 21 heavy (non-hydrogen) atoms. The van der Waals surface area contributed by atoms with E-state index >= 15 is 0 Å². The Morgan fingerprint density at radius 3 is 2.81 bits per heavy atom. The van der Waals surface area contributed by atoms with Gasteiger partial charge in [-0.2, -0.15) is 13.2 Å². The Kier molecular flexibility index (Phi) is 4.28. The molecule has 10 heteroatoms. The molecule has 0 saturated heterocycles. The third-order valence-corrected chi connectivity index (χ3v) is 3.40. The number of fused-ring (bicyclic) bond motifs is 1. The largest absolute Gasteiger partial charge is 0.480 e. The summed E-state index contributed by atoms with van der Waals surface area (Å²) in [4.78, 5) is 29.4. The van der Waals surface area contributed by atoms with Gasteiger partial charge in [0.15, 0.2) is 0 Å². The maximum absolute atomic E-state index is 12.4. The van der Waals surface area contributed by atoms with Crippen molar-refractivity contribution in [3.05, 3.63) is 27.6 Å². The molecule has 6 nitrogen and oxygen atoms in total. The van der Waals surface area contributed by atoms with Crippen LogP contribution in [0.1, 0.15) is 5.82 Å². The van der Waals surface area contributed by atoms with Crippen molar-refractivity contribution in [3.8, 4) is 0 Å². The monoisotopic (exact) mass is 321 g/mol. The van der Waals surface area contributed by atoms with Gasteiger partial charge in [0, 0.05) is 0 Å². The van der Waals surface area contributed by atoms with Gasteiger partial charge < -0.3 is 10.1 Å². The van der Waals surface area contributed by atoms with Gasteiger partial charge in [0.1, 0.15) is 10.5 Å². The van der Waals surface area contributed by atoms with E-state index < -0.39 is 37.3 Å². The molecule has 0 aliphatic carbocycles. The van der Waals surface area contributed by atoms with Gasteiger partial charge in [-0.05, 0) is 11.4 Å². The highest BCUT2D eigenvalue weighted by atomic mass is 32.1. The van der Waals surface area contributed by atoms with Gasteiger partial charge in [0.05, 0.1) is 25.2 Å². The first kappa shape index (κ1) is 15.4. The number of aromatic nitrogens is 2. The van der Waals surface area contributed by atoms with Crippen molar-refractivity contribution in [2.24, 2.45) is 0 Å². The number of alkyl halides is 3. The zero-order valence-electron chi connectivity index (χ0n) is 10.5. The summed E-state index contributed by atoms with van der Waals surface area (Å²) in [6, 6.07) is 1.57. The van der Waals surface area contributed by atoms with Gasteiger partial charge in [-0.15, -0.1) is 11.3 Å². The lowest BCUT2D eigenvalue weighted by atomic mass is 10.4. The molecule has 0 aromatic carbocycles. The molecular weight excluding hydrogens is 311 g/mol. The highest BCUT2D eigenvalue weighted by molar-refractivity contribution is 7.17. The van der Waals surface area contributed by atoms with Crippen molar-refractivity contribution in [1.29, 1.82) is 0 Å². The highest BCUT2D eigenvalue weighted by Crippen LogP contribution is 2.18. The Morgan fingerprint density at radius 2 is 2.19 bits per heavy atom. The minimum absolute atomic E-state index is 0.00333. The highest BCUT2D eigenvalue weighted by Gasteiger charge is 2.31. The number of nitrogens with zero attached hydrogens (tertiary/aromatic N) is 2. The van der Waals surface area contributed by atoms with Crippen molar-refractivity contribution in [2.45, 2.75) is 12.7 Å². The molecule has 0 bridgehead atoms. The summed E-state index contributed by atoms with van der Waals surface area (Å²) >= 11 is 1.17. The summed E-state index contributed by atoms with van der Waals surface area (Å²) < 4.78 is 37.6. The van der Waals surface area contributed by atoms with Crippen LogP contribution in [0, 0.1) is 0 Å². The molecule has 0 radical (unpaired) electrons. The van der Waals surface area contributed by atoms with Gasteiger partial charge in [-0.25, -0.2) is 4.98 Å². The van der Waals surface area contributed by atoms with Crippen molar-refractivity contribution in [2.75, 3.05) is 13.1 Å². The minimum Gasteiger partial charge on any atom is -0.480 e. The van der Waals surface area contributed by atoms with E-state index in [1.54, 1.807) is 11.4 Å². The van der Waals surface area contributed by atoms with Crippen LogP contribution in [-0.4, -0.2) is 45.2 Å². The van der Waals surface area contributed by atoms with Crippen LogP contribution in [-0.2, 0) is 11.3 Å². The topological polar surface area (TPSA) is 86.3 Å². The number of hydrogen-bond donors (Lipinski definition) is 2. The molecule has 114 valence electrons. The van der Waals surface area contributed by atoms with Gasteiger partial charge >= 0.3 is 12.1 Å². The number of aliphatic carboxylic acids is 1. The number of halogens is 3. The lowest BCUT2D eigenvalue weighted by Crippen LogP contribution is -2.38. The van der Waals surface area contributed by atoms with Gasteiger partial charge in [-0.1, -0.05) is 0 Å². The van der Waals surface area contributed by atoms with Crippen LogP contribution in [0.3, 0.4) is 0 Å². The Labute approximate surface area is 119 Å². The molecular formula is C11H10F3N3O3S. The molecule has 2 heterocycles. The predicted octanol–water partition coefficient (Wildman–Crippen LogP) is 1.43. The van der Waals surface area contributed by atoms with E-state index in [9.17, 15) is 22.8 Å². The second kappa shape index (κ2) is 5.82. The second-order valence-electron chi connectivity index (χ2n) is 4.30. The molecule has 0 aliphatic rings. The number of nitrogens with one attached hydrogen (secondary N) is 1. The van der Waals surface area contributed by atoms with E-state index in [1.165, 1.54) is 11.3 Å². The third kappa shape index (κ3) is 4.26. The maximum Gasteiger partial charge on any atom is 0.401 e. The number of hydrogen-bond acceptors (Lipinski definition) is 5. The maximum atomic E-state index is 12.4. The van der Waals surface area contributed by atoms with Crippen molar-refractivity contribution in [3.63, 3.8) is 0 Å². The Morgan fingerprint density at radius 1 is 1.48 bits per heavy atom.